The van der Waals surface area contributed by atoms with Crippen LogP contribution in [-0.2, 0) is 12.8 Å². The lowest BCUT2D eigenvalue weighted by atomic mass is 9.94. The van der Waals surface area contributed by atoms with Crippen molar-refractivity contribution < 1.29 is 0 Å². The number of para-hydroxylation sites is 4. The maximum Gasteiger partial charge on any atom is 0.0597 e. The highest BCUT2D eigenvalue weighted by atomic mass is 15.2. The Kier molecular flexibility index (Phi) is 7.96. The molecule has 4 heterocycles. The largest absolute Gasteiger partial charge is 0.310 e. The number of nitrogens with zero attached hydrogens (tertiary/aromatic N) is 4. The second-order valence-electron chi connectivity index (χ2n) is 18.0. The van der Waals surface area contributed by atoms with Gasteiger partial charge in [-0.2, -0.15) is 0 Å². The van der Waals surface area contributed by atoms with Crippen molar-refractivity contribution >= 4 is 77.7 Å². The van der Waals surface area contributed by atoms with Gasteiger partial charge in [0, 0.05) is 79.6 Å². The Morgan fingerprint density at radius 3 is 1.17 bits per heavy atom. The smallest absolute Gasteiger partial charge is 0.0597 e. The second kappa shape index (κ2) is 13.8. The number of hydrogen-bond acceptors (Lipinski definition) is 2. The molecule has 0 fully saturated rings. The van der Waals surface area contributed by atoms with Crippen molar-refractivity contribution in [3.8, 4) is 11.4 Å². The Hall–Kier alpha value is -7.82. The zero-order valence-corrected chi connectivity index (χ0v) is 36.5. The van der Waals surface area contributed by atoms with E-state index in [1.165, 1.54) is 122 Å². The van der Waals surface area contributed by atoms with Gasteiger partial charge in [0.1, 0.15) is 0 Å². The summed E-state index contributed by atoms with van der Waals surface area (Å²) in [5, 5.41) is 5.11. The summed E-state index contributed by atoms with van der Waals surface area (Å²) in [6, 6.07) is 68.1. The average molecular weight is 823 g/mol. The molecule has 306 valence electrons. The molecule has 9 aromatic carbocycles. The fraction of sp³-hybridized carbons (Fsp3) is 0.100. The molecule has 2 aromatic heterocycles. The third-order valence-electron chi connectivity index (χ3n) is 14.3. The molecule has 0 spiro atoms. The lowest BCUT2D eigenvalue weighted by molar-refractivity contribution is 1.03. The van der Waals surface area contributed by atoms with Gasteiger partial charge in [-0.05, 0) is 146 Å². The van der Waals surface area contributed by atoms with E-state index in [0.29, 0.717) is 0 Å². The standard InChI is InChI=1S/C60H46N4/c1-37-23-25-45(31-39(37)3)61(43-17-7-5-8-18-43)55-29-27-47-49-35-58-50(36-57(49)63-53-21-13-11-15-41(53)33-51(55)59(47)63)48-28-30-56(52-34-42-16-12-14-22-54(42)64(58)60(48)52)62(44-19-9-6-10-20-44)46-26-24-38(2)40(4)32-46/h5-32,35-36H,33-34H2,1-4H3. The zero-order valence-electron chi connectivity index (χ0n) is 36.5. The number of aryl methyl sites for hydroxylation is 4. The highest BCUT2D eigenvalue weighted by Crippen LogP contribution is 2.51. The lowest BCUT2D eigenvalue weighted by Crippen LogP contribution is -2.16. The van der Waals surface area contributed by atoms with E-state index in [1.54, 1.807) is 0 Å². The molecule has 0 unspecified atom stereocenters. The van der Waals surface area contributed by atoms with Crippen LogP contribution >= 0.6 is 0 Å². The molecule has 2 aliphatic heterocycles. The Bertz CT molecular complexity index is 3470. The van der Waals surface area contributed by atoms with Crippen LogP contribution in [0.15, 0.2) is 182 Å². The lowest BCUT2D eigenvalue weighted by Gasteiger charge is -2.31. The predicted molar refractivity (Wildman–Crippen MR) is 269 cm³/mol. The molecule has 0 saturated carbocycles. The Morgan fingerprint density at radius 2 is 0.750 bits per heavy atom. The Morgan fingerprint density at radius 1 is 0.344 bits per heavy atom. The third kappa shape index (κ3) is 5.29. The summed E-state index contributed by atoms with van der Waals surface area (Å²) in [6.07, 6.45) is 1.69. The van der Waals surface area contributed by atoms with Crippen LogP contribution < -0.4 is 9.80 Å². The molecule has 64 heavy (non-hydrogen) atoms. The van der Waals surface area contributed by atoms with E-state index in [2.05, 4.69) is 229 Å². The summed E-state index contributed by atoms with van der Waals surface area (Å²) >= 11 is 0. The number of hydrogen-bond donors (Lipinski definition) is 0. The van der Waals surface area contributed by atoms with Gasteiger partial charge in [0.05, 0.1) is 33.4 Å². The van der Waals surface area contributed by atoms with Gasteiger partial charge in [-0.3, -0.25) is 0 Å². The Labute approximate surface area is 373 Å². The van der Waals surface area contributed by atoms with Gasteiger partial charge in [0.2, 0.25) is 0 Å². The minimum Gasteiger partial charge on any atom is -0.310 e. The molecule has 0 atom stereocenters. The van der Waals surface area contributed by atoms with Gasteiger partial charge in [-0.1, -0.05) is 97.1 Å². The van der Waals surface area contributed by atoms with Crippen LogP contribution in [0.3, 0.4) is 0 Å². The number of benzene rings is 9. The monoisotopic (exact) mass is 822 g/mol. The molecule has 4 heteroatoms. The first-order valence-electron chi connectivity index (χ1n) is 22.5. The van der Waals surface area contributed by atoms with Gasteiger partial charge in [0.15, 0.2) is 0 Å². The van der Waals surface area contributed by atoms with Crippen molar-refractivity contribution in [3.63, 3.8) is 0 Å². The first-order valence-corrected chi connectivity index (χ1v) is 22.5. The van der Waals surface area contributed by atoms with Crippen LogP contribution in [0.4, 0.5) is 34.1 Å². The summed E-state index contributed by atoms with van der Waals surface area (Å²) < 4.78 is 5.16. The normalized spacial score (nSPS) is 12.6. The SMILES string of the molecule is Cc1ccc(N(c2ccccc2)c2ccc3c4cc5c(cc4n4c3c2Cc2ccccc2-4)c2ccc(N(c3ccccc3)c3ccc(C)c(C)c3)c3c2n5-c2ccccc2C3)cc1C. The molecule has 0 amide bonds. The summed E-state index contributed by atoms with van der Waals surface area (Å²) in [5.74, 6) is 0. The first-order chi connectivity index (χ1) is 31.4. The van der Waals surface area contributed by atoms with Crippen LogP contribution in [-0.4, -0.2) is 9.13 Å². The van der Waals surface area contributed by atoms with Crippen molar-refractivity contribution in [2.75, 3.05) is 9.80 Å². The summed E-state index contributed by atoms with van der Waals surface area (Å²) in [5.41, 5.74) is 25.2. The number of rotatable bonds is 6. The Balaban J connectivity index is 1.11. The van der Waals surface area contributed by atoms with Gasteiger partial charge in [-0.25, -0.2) is 0 Å². The predicted octanol–water partition coefficient (Wildman–Crippen LogP) is 15.9. The number of aromatic nitrogens is 2. The molecule has 0 bridgehead atoms. The molecule has 0 N–H and O–H groups in total. The fourth-order valence-electron chi connectivity index (χ4n) is 11.0. The van der Waals surface area contributed by atoms with Crippen LogP contribution in [0.1, 0.15) is 44.5 Å². The second-order valence-corrected chi connectivity index (χ2v) is 18.0. The minimum absolute atomic E-state index is 0.847. The fourth-order valence-corrected chi connectivity index (χ4v) is 11.0. The van der Waals surface area contributed by atoms with Crippen LogP contribution in [0.25, 0.3) is 55.0 Å². The van der Waals surface area contributed by atoms with Crippen molar-refractivity contribution in [2.45, 2.75) is 40.5 Å². The number of fused-ring (bicyclic) bond motifs is 10. The summed E-state index contributed by atoms with van der Waals surface area (Å²) in [6.45, 7) is 8.83. The molecule has 2 aliphatic rings. The van der Waals surface area contributed by atoms with E-state index in [1.807, 2.05) is 0 Å². The first kappa shape index (κ1) is 36.8. The van der Waals surface area contributed by atoms with Gasteiger partial charge in [-0.15, -0.1) is 0 Å². The molecule has 13 rings (SSSR count). The van der Waals surface area contributed by atoms with E-state index in [0.717, 1.165) is 24.2 Å². The van der Waals surface area contributed by atoms with E-state index >= 15 is 0 Å². The third-order valence-corrected chi connectivity index (χ3v) is 14.3. The van der Waals surface area contributed by atoms with Crippen LogP contribution in [0, 0.1) is 27.7 Å². The van der Waals surface area contributed by atoms with E-state index in [-0.39, 0.29) is 0 Å². The molecule has 4 nitrogen and oxygen atoms in total. The van der Waals surface area contributed by atoms with Crippen LogP contribution in [0.2, 0.25) is 0 Å². The molecule has 11 aromatic rings. The van der Waals surface area contributed by atoms with E-state index in [4.69, 9.17) is 0 Å². The maximum absolute atomic E-state index is 2.58. The topological polar surface area (TPSA) is 16.3 Å². The quantitative estimate of drug-likeness (QED) is 0.166. The summed E-state index contributed by atoms with van der Waals surface area (Å²) in [7, 11) is 0. The van der Waals surface area contributed by atoms with Crippen molar-refractivity contribution in [2.24, 2.45) is 0 Å². The minimum atomic E-state index is 0.847. The maximum atomic E-state index is 2.58. The van der Waals surface area contributed by atoms with Gasteiger partial charge < -0.3 is 18.9 Å². The van der Waals surface area contributed by atoms with Gasteiger partial charge >= 0.3 is 0 Å². The van der Waals surface area contributed by atoms with E-state index in [9.17, 15) is 0 Å². The van der Waals surface area contributed by atoms with Crippen molar-refractivity contribution in [1.82, 2.24) is 9.13 Å². The number of anilines is 6. The molecule has 0 aliphatic carbocycles. The average Bonchev–Trinajstić information content (AvgIpc) is 3.83. The van der Waals surface area contributed by atoms with Crippen LogP contribution in [0.5, 0.6) is 0 Å². The zero-order chi connectivity index (χ0) is 42.8. The summed E-state index contributed by atoms with van der Waals surface area (Å²) in [4.78, 5) is 4.93. The highest BCUT2D eigenvalue weighted by molar-refractivity contribution is 6.21. The van der Waals surface area contributed by atoms with Crippen molar-refractivity contribution in [1.29, 1.82) is 0 Å². The highest BCUT2D eigenvalue weighted by Gasteiger charge is 2.31. The van der Waals surface area contributed by atoms with Crippen molar-refractivity contribution in [3.05, 3.63) is 226 Å². The van der Waals surface area contributed by atoms with E-state index < -0.39 is 0 Å². The molecule has 0 radical (unpaired) electrons. The molecular formula is C60H46N4. The molecular weight excluding hydrogens is 777 g/mol. The molecule has 0 saturated heterocycles. The van der Waals surface area contributed by atoms with Gasteiger partial charge in [0.25, 0.3) is 0 Å².